The highest BCUT2D eigenvalue weighted by molar-refractivity contribution is 9.10. The van der Waals surface area contributed by atoms with Crippen molar-refractivity contribution in [1.82, 2.24) is 15.2 Å². The van der Waals surface area contributed by atoms with E-state index in [1.807, 2.05) is 6.92 Å². The summed E-state index contributed by atoms with van der Waals surface area (Å²) in [4.78, 5) is 15.5. The molecule has 6 nitrogen and oxygen atoms in total. The van der Waals surface area contributed by atoms with Crippen LogP contribution in [0.15, 0.2) is 26.7 Å². The molecule has 1 aromatic carbocycles. The predicted octanol–water partition coefficient (Wildman–Crippen LogP) is 3.71. The van der Waals surface area contributed by atoms with Crippen molar-refractivity contribution in [3.8, 4) is 5.75 Å². The summed E-state index contributed by atoms with van der Waals surface area (Å²) in [6.07, 6.45) is 1.99. The highest BCUT2D eigenvalue weighted by atomic mass is 79.9. The van der Waals surface area contributed by atoms with Gasteiger partial charge < -0.3 is 10.2 Å². The molecule has 0 bridgehead atoms. The van der Waals surface area contributed by atoms with Gasteiger partial charge in [0.05, 0.1) is 4.47 Å². The van der Waals surface area contributed by atoms with Gasteiger partial charge in [-0.1, -0.05) is 18.5 Å². The molecule has 22 heavy (non-hydrogen) atoms. The topological polar surface area (TPSA) is 99.1 Å². The van der Waals surface area contributed by atoms with Gasteiger partial charge in [-0.15, -0.1) is 5.10 Å². The van der Waals surface area contributed by atoms with Crippen LogP contribution in [-0.2, 0) is 11.2 Å². The first-order valence-electron chi connectivity index (χ1n) is 6.12. The van der Waals surface area contributed by atoms with E-state index in [9.17, 15) is 15.0 Å². The predicted molar refractivity (Wildman–Crippen MR) is 88.0 cm³/mol. The van der Waals surface area contributed by atoms with Crippen LogP contribution in [0.1, 0.15) is 18.3 Å². The van der Waals surface area contributed by atoms with E-state index in [-0.39, 0.29) is 16.2 Å². The second-order valence-electron chi connectivity index (χ2n) is 4.16. The summed E-state index contributed by atoms with van der Waals surface area (Å²) in [6, 6.07) is 2.99. The molecule has 0 radical (unpaired) electrons. The van der Waals surface area contributed by atoms with Crippen LogP contribution in [0.2, 0.25) is 5.02 Å². The second kappa shape index (κ2) is 7.17. The monoisotopic (exact) mass is 403 g/mol. The molecule has 0 amide bonds. The zero-order chi connectivity index (χ0) is 16.3. The number of carboxylic acid groups (broad SMARTS) is 1. The highest BCUT2D eigenvalue weighted by Gasteiger charge is 2.15. The lowest BCUT2D eigenvalue weighted by Crippen LogP contribution is -1.97. The third-order valence-corrected chi connectivity index (χ3v) is 4.30. The fourth-order valence-electron chi connectivity index (χ4n) is 1.55. The molecule has 0 aliphatic rings. The number of benzene rings is 1. The Kier molecular flexibility index (Phi) is 5.49. The third kappa shape index (κ3) is 4.02. The SMILES string of the molecule is CCc1nc(S/C(=C\c2cc(Cl)cc(Br)c2O)C(=O)O)n[nH]1. The van der Waals surface area contributed by atoms with Gasteiger partial charge in [0.15, 0.2) is 0 Å². The number of rotatable bonds is 5. The molecule has 9 heteroatoms. The Morgan fingerprint density at radius 1 is 1.55 bits per heavy atom. The Bertz CT molecular complexity index is 748. The van der Waals surface area contributed by atoms with Crippen molar-refractivity contribution in [1.29, 1.82) is 0 Å². The molecule has 3 N–H and O–H groups in total. The summed E-state index contributed by atoms with van der Waals surface area (Å²) in [5, 5.41) is 26.6. The molecule has 2 aromatic rings. The number of aromatic hydroxyl groups is 1. The number of aliphatic carboxylic acids is 1. The summed E-state index contributed by atoms with van der Waals surface area (Å²) < 4.78 is 0.382. The molecule has 0 spiro atoms. The number of carboxylic acids is 1. The number of phenolic OH excluding ortho intramolecular Hbond substituents is 1. The van der Waals surface area contributed by atoms with Gasteiger partial charge in [0.25, 0.3) is 0 Å². The van der Waals surface area contributed by atoms with E-state index in [0.717, 1.165) is 11.8 Å². The van der Waals surface area contributed by atoms with Crippen molar-refractivity contribution >= 4 is 51.3 Å². The van der Waals surface area contributed by atoms with Gasteiger partial charge in [-0.25, -0.2) is 9.78 Å². The lowest BCUT2D eigenvalue weighted by atomic mass is 10.2. The van der Waals surface area contributed by atoms with Crippen molar-refractivity contribution < 1.29 is 15.0 Å². The summed E-state index contributed by atoms with van der Waals surface area (Å²) in [7, 11) is 0. The van der Waals surface area contributed by atoms with Crippen LogP contribution in [0.25, 0.3) is 6.08 Å². The number of nitrogens with one attached hydrogen (secondary N) is 1. The van der Waals surface area contributed by atoms with Crippen LogP contribution in [-0.4, -0.2) is 31.4 Å². The van der Waals surface area contributed by atoms with E-state index in [1.165, 1.54) is 18.2 Å². The van der Waals surface area contributed by atoms with Crippen molar-refractivity contribution in [2.24, 2.45) is 0 Å². The molecule has 0 aliphatic heterocycles. The molecule has 0 aliphatic carbocycles. The smallest absolute Gasteiger partial charge is 0.342 e. The van der Waals surface area contributed by atoms with Crippen LogP contribution in [0.5, 0.6) is 5.75 Å². The van der Waals surface area contributed by atoms with Gasteiger partial charge in [-0.2, -0.15) is 0 Å². The molecular weight excluding hydrogens is 394 g/mol. The number of aryl methyl sites for hydroxylation is 1. The van der Waals surface area contributed by atoms with Gasteiger partial charge >= 0.3 is 5.97 Å². The number of hydrogen-bond acceptors (Lipinski definition) is 5. The number of aromatic nitrogens is 3. The molecule has 116 valence electrons. The van der Waals surface area contributed by atoms with E-state index in [4.69, 9.17) is 11.6 Å². The van der Waals surface area contributed by atoms with Gasteiger partial charge in [-0.3, -0.25) is 5.10 Å². The van der Waals surface area contributed by atoms with Gasteiger partial charge in [0.2, 0.25) is 5.16 Å². The fourth-order valence-corrected chi connectivity index (χ4v) is 3.10. The minimum Gasteiger partial charge on any atom is -0.506 e. The van der Waals surface area contributed by atoms with Gasteiger partial charge in [0.1, 0.15) is 16.5 Å². The third-order valence-electron chi connectivity index (χ3n) is 2.60. The van der Waals surface area contributed by atoms with Crippen LogP contribution in [0.4, 0.5) is 0 Å². The molecule has 1 heterocycles. The molecule has 0 saturated carbocycles. The van der Waals surface area contributed by atoms with E-state index in [1.54, 1.807) is 0 Å². The normalized spacial score (nSPS) is 11.7. The average Bonchev–Trinajstić information content (AvgIpc) is 2.91. The lowest BCUT2D eigenvalue weighted by molar-refractivity contribution is -0.131. The molecule has 2 rings (SSSR count). The molecule has 1 aromatic heterocycles. The Morgan fingerprint density at radius 3 is 2.86 bits per heavy atom. The summed E-state index contributed by atoms with van der Waals surface area (Å²) in [5.41, 5.74) is 0.288. The second-order valence-corrected chi connectivity index (χ2v) is 6.46. The number of H-pyrrole nitrogens is 1. The number of thioether (sulfide) groups is 1. The first kappa shape index (κ1) is 16.9. The molecule has 0 atom stereocenters. The largest absolute Gasteiger partial charge is 0.506 e. The zero-order valence-electron chi connectivity index (χ0n) is 11.3. The maximum atomic E-state index is 11.4. The van der Waals surface area contributed by atoms with E-state index in [0.29, 0.717) is 26.9 Å². The molecule has 0 saturated heterocycles. The number of halogens is 2. The number of nitrogens with zero attached hydrogens (tertiary/aromatic N) is 2. The van der Waals surface area contributed by atoms with Crippen molar-refractivity contribution in [3.63, 3.8) is 0 Å². The van der Waals surface area contributed by atoms with E-state index >= 15 is 0 Å². The lowest BCUT2D eigenvalue weighted by Gasteiger charge is -2.05. The standard InChI is InChI=1S/C13H11BrClN3O3S/c1-2-10-16-13(18-17-10)22-9(12(20)21)4-6-3-7(15)5-8(14)11(6)19/h3-5,19H,2H2,1H3,(H,20,21)(H,16,17,18)/b9-4-. The minimum absolute atomic E-state index is 0.0360. The molecular formula is C13H11BrClN3O3S. The first-order valence-corrected chi connectivity index (χ1v) is 8.11. The van der Waals surface area contributed by atoms with Crippen LogP contribution < -0.4 is 0 Å². The maximum absolute atomic E-state index is 11.4. The van der Waals surface area contributed by atoms with Crippen LogP contribution >= 0.6 is 39.3 Å². The van der Waals surface area contributed by atoms with Crippen LogP contribution in [0, 0.1) is 0 Å². The minimum atomic E-state index is -1.15. The molecule has 0 unspecified atom stereocenters. The Hall–Kier alpha value is -1.51. The number of hydrogen-bond donors (Lipinski definition) is 3. The van der Waals surface area contributed by atoms with Crippen LogP contribution in [0.3, 0.4) is 0 Å². The highest BCUT2D eigenvalue weighted by Crippen LogP contribution is 2.35. The molecule has 0 fully saturated rings. The first-order chi connectivity index (χ1) is 10.4. The Morgan fingerprint density at radius 2 is 2.27 bits per heavy atom. The fraction of sp³-hybridized carbons (Fsp3) is 0.154. The maximum Gasteiger partial charge on any atom is 0.342 e. The quantitative estimate of drug-likeness (QED) is 0.519. The Balaban J connectivity index is 2.37. The van der Waals surface area contributed by atoms with Crippen molar-refractivity contribution in [2.45, 2.75) is 18.5 Å². The average molecular weight is 405 g/mol. The summed E-state index contributed by atoms with van der Waals surface area (Å²) in [6.45, 7) is 1.91. The summed E-state index contributed by atoms with van der Waals surface area (Å²) >= 11 is 9.96. The van der Waals surface area contributed by atoms with E-state index < -0.39 is 5.97 Å². The van der Waals surface area contributed by atoms with Crippen molar-refractivity contribution in [2.75, 3.05) is 0 Å². The number of phenols is 1. The van der Waals surface area contributed by atoms with Crippen molar-refractivity contribution in [3.05, 3.63) is 37.9 Å². The Labute approximate surface area is 143 Å². The number of aromatic amines is 1. The number of carbonyl (C=O) groups is 1. The summed E-state index contributed by atoms with van der Waals surface area (Å²) in [5.74, 6) is -0.572. The zero-order valence-corrected chi connectivity index (χ0v) is 14.5. The van der Waals surface area contributed by atoms with E-state index in [2.05, 4.69) is 31.1 Å². The van der Waals surface area contributed by atoms with Gasteiger partial charge in [0, 0.05) is 17.0 Å². The van der Waals surface area contributed by atoms with Gasteiger partial charge in [-0.05, 0) is 45.9 Å².